The highest BCUT2D eigenvalue weighted by molar-refractivity contribution is 6.30. The average Bonchev–Trinajstić information content (AvgIpc) is 2.72. The Morgan fingerprint density at radius 1 is 1.41 bits per heavy atom. The van der Waals surface area contributed by atoms with Gasteiger partial charge in [0.15, 0.2) is 0 Å². The second-order valence-corrected chi connectivity index (χ2v) is 4.55. The zero-order valence-electron chi connectivity index (χ0n) is 10.0. The molecule has 1 aromatic carbocycles. The van der Waals surface area contributed by atoms with E-state index >= 15 is 0 Å². The van der Waals surface area contributed by atoms with Crippen molar-refractivity contribution >= 4 is 11.6 Å². The molecule has 0 aliphatic rings. The monoisotopic (exact) mass is 249 g/mol. The Labute approximate surface area is 106 Å². The fourth-order valence-corrected chi connectivity index (χ4v) is 2.04. The van der Waals surface area contributed by atoms with E-state index in [1.165, 1.54) is 11.3 Å². The van der Waals surface area contributed by atoms with Crippen LogP contribution in [0.2, 0.25) is 5.02 Å². The van der Waals surface area contributed by atoms with Crippen molar-refractivity contribution in [3.05, 3.63) is 52.8 Å². The Morgan fingerprint density at radius 3 is 2.88 bits per heavy atom. The predicted molar refractivity (Wildman–Crippen MR) is 69.9 cm³/mol. The first-order valence-corrected chi connectivity index (χ1v) is 6.00. The van der Waals surface area contributed by atoms with Gasteiger partial charge in [-0.05, 0) is 30.7 Å². The molecule has 1 atom stereocenters. The number of rotatable bonds is 4. The lowest BCUT2D eigenvalue weighted by Gasteiger charge is -2.14. The van der Waals surface area contributed by atoms with Crippen molar-refractivity contribution in [1.82, 2.24) is 15.1 Å². The molecule has 17 heavy (non-hydrogen) atoms. The minimum atomic E-state index is 0.265. The van der Waals surface area contributed by atoms with E-state index in [1.54, 1.807) is 0 Å². The molecule has 0 amide bonds. The lowest BCUT2D eigenvalue weighted by atomic mass is 10.2. The van der Waals surface area contributed by atoms with Gasteiger partial charge in [0.25, 0.3) is 0 Å². The normalized spacial score (nSPS) is 12.6. The summed E-state index contributed by atoms with van der Waals surface area (Å²) >= 11 is 5.94. The maximum Gasteiger partial charge on any atom is 0.0547 e. The maximum atomic E-state index is 5.94. The summed E-state index contributed by atoms with van der Waals surface area (Å²) in [5.41, 5.74) is 2.36. The molecule has 0 aliphatic carbocycles. The Morgan fingerprint density at radius 2 is 2.24 bits per heavy atom. The molecule has 0 fully saturated rings. The van der Waals surface area contributed by atoms with Crippen molar-refractivity contribution in [2.45, 2.75) is 19.5 Å². The van der Waals surface area contributed by atoms with Gasteiger partial charge in [0.05, 0.1) is 5.69 Å². The highest BCUT2D eigenvalue weighted by atomic mass is 35.5. The number of aromatic nitrogens is 2. The van der Waals surface area contributed by atoms with Gasteiger partial charge in [-0.25, -0.2) is 0 Å². The summed E-state index contributed by atoms with van der Waals surface area (Å²) in [6.07, 6.45) is 1.81. The number of benzene rings is 1. The minimum absolute atomic E-state index is 0.265. The summed E-state index contributed by atoms with van der Waals surface area (Å²) in [6.45, 7) is 2.93. The minimum Gasteiger partial charge on any atom is -0.305 e. The quantitative estimate of drug-likeness (QED) is 0.903. The molecular weight excluding hydrogens is 234 g/mol. The largest absolute Gasteiger partial charge is 0.305 e. The average molecular weight is 250 g/mol. The van der Waals surface area contributed by atoms with Crippen molar-refractivity contribution in [3.63, 3.8) is 0 Å². The Hall–Kier alpha value is -1.32. The first kappa shape index (κ1) is 12.1. The van der Waals surface area contributed by atoms with Crippen molar-refractivity contribution in [2.75, 3.05) is 0 Å². The van der Waals surface area contributed by atoms with E-state index in [0.717, 1.165) is 11.6 Å². The topological polar surface area (TPSA) is 29.9 Å². The van der Waals surface area contributed by atoms with Crippen molar-refractivity contribution in [2.24, 2.45) is 7.05 Å². The number of hydrogen-bond acceptors (Lipinski definition) is 2. The summed E-state index contributed by atoms with van der Waals surface area (Å²) in [5.74, 6) is 0. The smallest absolute Gasteiger partial charge is 0.0547 e. The van der Waals surface area contributed by atoms with Gasteiger partial charge in [0, 0.05) is 30.9 Å². The Kier molecular flexibility index (Phi) is 3.82. The number of nitrogens with one attached hydrogen (secondary N) is 1. The van der Waals surface area contributed by atoms with Gasteiger partial charge in [-0.15, -0.1) is 0 Å². The van der Waals surface area contributed by atoms with Crippen LogP contribution in [0.1, 0.15) is 24.2 Å². The van der Waals surface area contributed by atoms with Crippen molar-refractivity contribution in [1.29, 1.82) is 0 Å². The second kappa shape index (κ2) is 5.34. The van der Waals surface area contributed by atoms with Crippen LogP contribution in [-0.2, 0) is 13.6 Å². The summed E-state index contributed by atoms with van der Waals surface area (Å²) < 4.78 is 1.88. The van der Waals surface area contributed by atoms with Crippen LogP contribution in [0, 0.1) is 0 Å². The molecule has 0 saturated carbocycles. The maximum absolute atomic E-state index is 5.94. The van der Waals surface area contributed by atoms with Gasteiger partial charge in [-0.3, -0.25) is 4.68 Å². The lowest BCUT2D eigenvalue weighted by Crippen LogP contribution is -2.20. The van der Waals surface area contributed by atoms with Crippen molar-refractivity contribution < 1.29 is 0 Å². The second-order valence-electron chi connectivity index (χ2n) is 4.11. The van der Waals surface area contributed by atoms with E-state index in [1.807, 2.05) is 42.2 Å². The molecule has 3 nitrogen and oxygen atoms in total. The summed E-state index contributed by atoms with van der Waals surface area (Å²) in [4.78, 5) is 0. The van der Waals surface area contributed by atoms with E-state index < -0.39 is 0 Å². The molecule has 1 unspecified atom stereocenters. The molecule has 4 heteroatoms. The van der Waals surface area contributed by atoms with Crippen LogP contribution in [-0.4, -0.2) is 9.78 Å². The van der Waals surface area contributed by atoms with Gasteiger partial charge in [0.2, 0.25) is 0 Å². The molecular formula is C13H16ClN3. The van der Waals surface area contributed by atoms with Gasteiger partial charge in [-0.1, -0.05) is 23.7 Å². The summed E-state index contributed by atoms with van der Waals surface area (Å²) in [6, 6.07) is 10.2. The zero-order valence-corrected chi connectivity index (χ0v) is 10.8. The molecule has 0 spiro atoms. The molecule has 0 aliphatic heterocycles. The third-order valence-electron chi connectivity index (χ3n) is 2.80. The lowest BCUT2D eigenvalue weighted by molar-refractivity contribution is 0.530. The third-order valence-corrected chi connectivity index (χ3v) is 3.04. The third kappa shape index (κ3) is 3.08. The molecule has 2 aromatic rings. The molecule has 90 valence electrons. The number of halogens is 1. The first-order valence-electron chi connectivity index (χ1n) is 5.62. The molecule has 0 saturated heterocycles. The van der Waals surface area contributed by atoms with Gasteiger partial charge in [-0.2, -0.15) is 5.10 Å². The Balaban J connectivity index is 1.97. The van der Waals surface area contributed by atoms with Crippen LogP contribution < -0.4 is 5.32 Å². The fourth-order valence-electron chi connectivity index (χ4n) is 1.83. The van der Waals surface area contributed by atoms with E-state index in [-0.39, 0.29) is 6.04 Å². The summed E-state index contributed by atoms with van der Waals surface area (Å²) in [7, 11) is 1.95. The first-order chi connectivity index (χ1) is 8.16. The predicted octanol–water partition coefficient (Wildman–Crippen LogP) is 2.92. The zero-order chi connectivity index (χ0) is 12.3. The van der Waals surface area contributed by atoms with E-state index in [2.05, 4.69) is 23.4 Å². The number of aryl methyl sites for hydroxylation is 1. The summed E-state index contributed by atoms with van der Waals surface area (Å²) in [5, 5.41) is 8.39. The Bertz CT molecular complexity index is 493. The van der Waals surface area contributed by atoms with Gasteiger partial charge >= 0.3 is 0 Å². The fraction of sp³-hybridized carbons (Fsp3) is 0.308. The van der Waals surface area contributed by atoms with Crippen LogP contribution >= 0.6 is 11.6 Å². The molecule has 1 heterocycles. The molecule has 2 rings (SSSR count). The van der Waals surface area contributed by atoms with Gasteiger partial charge in [0.1, 0.15) is 0 Å². The van der Waals surface area contributed by atoms with Crippen LogP contribution in [0.25, 0.3) is 0 Å². The van der Waals surface area contributed by atoms with Crippen molar-refractivity contribution in [3.8, 4) is 0 Å². The van der Waals surface area contributed by atoms with Crippen LogP contribution in [0.5, 0.6) is 0 Å². The van der Waals surface area contributed by atoms with E-state index in [0.29, 0.717) is 0 Å². The van der Waals surface area contributed by atoms with Crippen LogP contribution in [0.4, 0.5) is 0 Å². The molecule has 0 bridgehead atoms. The molecule has 0 radical (unpaired) electrons. The molecule has 1 aromatic heterocycles. The van der Waals surface area contributed by atoms with E-state index in [4.69, 9.17) is 11.6 Å². The van der Waals surface area contributed by atoms with Crippen LogP contribution in [0.3, 0.4) is 0 Å². The highest BCUT2D eigenvalue weighted by Crippen LogP contribution is 2.14. The SMILES string of the molecule is CC(NCc1cccc(Cl)c1)c1ccnn1C. The van der Waals surface area contributed by atoms with E-state index in [9.17, 15) is 0 Å². The highest BCUT2D eigenvalue weighted by Gasteiger charge is 2.08. The van der Waals surface area contributed by atoms with Gasteiger partial charge < -0.3 is 5.32 Å². The molecule has 1 N–H and O–H groups in total. The van der Waals surface area contributed by atoms with Crippen LogP contribution in [0.15, 0.2) is 36.5 Å². The standard InChI is InChI=1S/C13H16ClN3/c1-10(13-6-7-16-17(13)2)15-9-11-4-3-5-12(14)8-11/h3-8,10,15H,9H2,1-2H3. The number of nitrogens with zero attached hydrogens (tertiary/aromatic N) is 2. The number of hydrogen-bond donors (Lipinski definition) is 1.